The Balaban J connectivity index is 1.92. The maximum absolute atomic E-state index is 12.3. The number of ether oxygens (including phenoxy) is 1. The Labute approximate surface area is 152 Å². The summed E-state index contributed by atoms with van der Waals surface area (Å²) in [6.07, 6.45) is -1.05. The van der Waals surface area contributed by atoms with E-state index >= 15 is 0 Å². The fourth-order valence-corrected chi connectivity index (χ4v) is 2.65. The van der Waals surface area contributed by atoms with Gasteiger partial charge in [-0.25, -0.2) is 4.79 Å². The first kappa shape index (κ1) is 19.2. The molecule has 26 heavy (non-hydrogen) atoms. The highest BCUT2D eigenvalue weighted by molar-refractivity contribution is 5.96. The van der Waals surface area contributed by atoms with Crippen LogP contribution < -0.4 is 10.9 Å². The average Bonchev–Trinajstić information content (AvgIpc) is 2.93. The van der Waals surface area contributed by atoms with Crippen molar-refractivity contribution in [1.29, 1.82) is 0 Å². The molecular weight excluding hydrogens is 334 g/mol. The molecule has 7 nitrogen and oxygen atoms in total. The van der Waals surface area contributed by atoms with Crippen LogP contribution in [0.2, 0.25) is 0 Å². The van der Waals surface area contributed by atoms with Gasteiger partial charge in [0.2, 0.25) is 0 Å². The van der Waals surface area contributed by atoms with E-state index in [1.165, 1.54) is 6.92 Å². The van der Waals surface area contributed by atoms with Crippen LogP contribution in [0.25, 0.3) is 0 Å². The van der Waals surface area contributed by atoms with Crippen LogP contribution in [-0.2, 0) is 16.1 Å². The number of hydrazine groups is 1. The summed E-state index contributed by atoms with van der Waals surface area (Å²) in [5.74, 6) is -1.65. The SMILES string of the molecule is CCn1c(C)cc(C(=O)O[C@H](C)C(=O)NNC(=O)c2ccccc2)c1C. The van der Waals surface area contributed by atoms with E-state index < -0.39 is 23.9 Å². The highest BCUT2D eigenvalue weighted by Gasteiger charge is 2.22. The van der Waals surface area contributed by atoms with Gasteiger partial charge in [-0.05, 0) is 45.9 Å². The first-order valence-corrected chi connectivity index (χ1v) is 8.38. The fraction of sp³-hybridized carbons (Fsp3) is 0.316. The first-order valence-electron chi connectivity index (χ1n) is 8.38. The molecule has 0 aliphatic heterocycles. The van der Waals surface area contributed by atoms with Gasteiger partial charge in [0.25, 0.3) is 11.8 Å². The molecule has 1 aromatic carbocycles. The molecule has 0 bridgehead atoms. The zero-order chi connectivity index (χ0) is 19.3. The second-order valence-corrected chi connectivity index (χ2v) is 5.89. The number of nitrogens with one attached hydrogen (secondary N) is 2. The Hall–Kier alpha value is -3.09. The standard InChI is InChI=1S/C19H23N3O4/c1-5-22-12(2)11-16(13(22)3)19(25)26-14(4)17(23)20-21-18(24)15-9-7-6-8-10-15/h6-11,14H,5H2,1-4H3,(H,20,23)(H,21,24)/t14-/m1/s1. The summed E-state index contributed by atoms with van der Waals surface area (Å²) in [6, 6.07) is 10.2. The largest absolute Gasteiger partial charge is 0.449 e. The molecule has 2 aromatic rings. The van der Waals surface area contributed by atoms with Crippen molar-refractivity contribution in [2.24, 2.45) is 0 Å². The molecule has 1 aromatic heterocycles. The lowest BCUT2D eigenvalue weighted by atomic mass is 10.2. The molecule has 138 valence electrons. The van der Waals surface area contributed by atoms with Gasteiger partial charge in [-0.15, -0.1) is 0 Å². The molecule has 1 atom stereocenters. The van der Waals surface area contributed by atoms with Crippen molar-refractivity contribution < 1.29 is 19.1 Å². The highest BCUT2D eigenvalue weighted by Crippen LogP contribution is 2.16. The molecule has 0 spiro atoms. The Morgan fingerprint density at radius 2 is 1.77 bits per heavy atom. The van der Waals surface area contributed by atoms with Gasteiger partial charge in [-0.1, -0.05) is 18.2 Å². The van der Waals surface area contributed by atoms with Crippen molar-refractivity contribution in [3.05, 3.63) is 58.9 Å². The van der Waals surface area contributed by atoms with Gasteiger partial charge in [0, 0.05) is 23.5 Å². The Bertz CT molecular complexity index is 812. The molecule has 0 aliphatic rings. The molecule has 2 amide bonds. The van der Waals surface area contributed by atoms with Crippen LogP contribution in [0.5, 0.6) is 0 Å². The van der Waals surface area contributed by atoms with Crippen molar-refractivity contribution in [2.75, 3.05) is 0 Å². The predicted molar refractivity (Wildman–Crippen MR) is 96.5 cm³/mol. The van der Waals surface area contributed by atoms with Crippen molar-refractivity contribution in [1.82, 2.24) is 15.4 Å². The predicted octanol–water partition coefficient (Wildman–Crippen LogP) is 2.13. The Kier molecular flexibility index (Phi) is 6.16. The van der Waals surface area contributed by atoms with Crippen molar-refractivity contribution in [2.45, 2.75) is 40.3 Å². The van der Waals surface area contributed by atoms with Crippen molar-refractivity contribution in [3.63, 3.8) is 0 Å². The van der Waals surface area contributed by atoms with Gasteiger partial charge in [0.05, 0.1) is 5.56 Å². The Morgan fingerprint density at radius 3 is 2.35 bits per heavy atom. The van der Waals surface area contributed by atoms with E-state index in [1.54, 1.807) is 36.4 Å². The minimum Gasteiger partial charge on any atom is -0.449 e. The van der Waals surface area contributed by atoms with E-state index in [1.807, 2.05) is 25.3 Å². The quantitative estimate of drug-likeness (QED) is 0.634. The summed E-state index contributed by atoms with van der Waals surface area (Å²) in [5.41, 5.74) is 7.13. The van der Waals surface area contributed by atoms with Gasteiger partial charge >= 0.3 is 5.97 Å². The summed E-state index contributed by atoms with van der Waals surface area (Å²) in [4.78, 5) is 36.3. The maximum atomic E-state index is 12.3. The Morgan fingerprint density at radius 1 is 1.12 bits per heavy atom. The fourth-order valence-electron chi connectivity index (χ4n) is 2.65. The second kappa shape index (κ2) is 8.33. The minimum atomic E-state index is -1.05. The third kappa shape index (κ3) is 4.30. The molecule has 0 radical (unpaired) electrons. The van der Waals surface area contributed by atoms with E-state index in [9.17, 15) is 14.4 Å². The zero-order valence-electron chi connectivity index (χ0n) is 15.3. The van der Waals surface area contributed by atoms with E-state index in [0.717, 1.165) is 17.9 Å². The summed E-state index contributed by atoms with van der Waals surface area (Å²) >= 11 is 0. The number of aryl methyl sites for hydroxylation is 1. The van der Waals surface area contributed by atoms with Gasteiger partial charge in [0.1, 0.15) is 0 Å². The van der Waals surface area contributed by atoms with Crippen LogP contribution >= 0.6 is 0 Å². The molecule has 2 rings (SSSR count). The van der Waals surface area contributed by atoms with E-state index in [4.69, 9.17) is 4.74 Å². The van der Waals surface area contributed by atoms with Crippen LogP contribution in [0.3, 0.4) is 0 Å². The lowest BCUT2D eigenvalue weighted by molar-refractivity contribution is -0.129. The highest BCUT2D eigenvalue weighted by atomic mass is 16.5. The van der Waals surface area contributed by atoms with Crippen LogP contribution in [0.15, 0.2) is 36.4 Å². The number of esters is 1. The third-order valence-corrected chi connectivity index (χ3v) is 4.10. The van der Waals surface area contributed by atoms with Crippen molar-refractivity contribution in [3.8, 4) is 0 Å². The summed E-state index contributed by atoms with van der Waals surface area (Å²) in [5, 5.41) is 0. The van der Waals surface area contributed by atoms with Crippen LogP contribution in [0.1, 0.15) is 46.0 Å². The molecule has 7 heteroatoms. The molecule has 0 saturated heterocycles. The number of carbonyl (C=O) groups is 3. The number of hydrogen-bond acceptors (Lipinski definition) is 4. The monoisotopic (exact) mass is 357 g/mol. The molecule has 0 unspecified atom stereocenters. The number of benzene rings is 1. The first-order chi connectivity index (χ1) is 12.3. The minimum absolute atomic E-state index is 0.407. The number of rotatable bonds is 5. The molecule has 0 aliphatic carbocycles. The molecular formula is C19H23N3O4. The van der Waals surface area contributed by atoms with Gasteiger partial charge in [0.15, 0.2) is 6.10 Å². The van der Waals surface area contributed by atoms with Crippen molar-refractivity contribution >= 4 is 17.8 Å². The van der Waals surface area contributed by atoms with Gasteiger partial charge in [-0.3, -0.25) is 20.4 Å². The van der Waals surface area contributed by atoms with E-state index in [0.29, 0.717) is 11.1 Å². The zero-order valence-corrected chi connectivity index (χ0v) is 15.3. The third-order valence-electron chi connectivity index (χ3n) is 4.10. The molecule has 0 saturated carbocycles. The summed E-state index contributed by atoms with van der Waals surface area (Å²) < 4.78 is 7.20. The second-order valence-electron chi connectivity index (χ2n) is 5.89. The molecule has 2 N–H and O–H groups in total. The number of nitrogens with zero attached hydrogens (tertiary/aromatic N) is 1. The molecule has 1 heterocycles. The average molecular weight is 357 g/mol. The van der Waals surface area contributed by atoms with Gasteiger partial charge in [-0.2, -0.15) is 0 Å². The van der Waals surface area contributed by atoms with Crippen LogP contribution in [0, 0.1) is 13.8 Å². The topological polar surface area (TPSA) is 89.4 Å². The van der Waals surface area contributed by atoms with Crippen LogP contribution in [-0.4, -0.2) is 28.5 Å². The lowest BCUT2D eigenvalue weighted by Gasteiger charge is -2.14. The van der Waals surface area contributed by atoms with E-state index in [-0.39, 0.29) is 0 Å². The number of carbonyl (C=O) groups excluding carboxylic acids is 3. The lowest BCUT2D eigenvalue weighted by Crippen LogP contribution is -2.46. The smallest absolute Gasteiger partial charge is 0.340 e. The number of aromatic nitrogens is 1. The number of amides is 2. The number of hydrogen-bond donors (Lipinski definition) is 2. The normalized spacial score (nSPS) is 11.5. The summed E-state index contributed by atoms with van der Waals surface area (Å²) in [6.45, 7) is 7.91. The van der Waals surface area contributed by atoms with Gasteiger partial charge < -0.3 is 9.30 Å². The summed E-state index contributed by atoms with van der Waals surface area (Å²) in [7, 11) is 0. The van der Waals surface area contributed by atoms with E-state index in [2.05, 4.69) is 10.9 Å². The van der Waals surface area contributed by atoms with Crippen LogP contribution in [0.4, 0.5) is 0 Å². The maximum Gasteiger partial charge on any atom is 0.340 e. The molecule has 0 fully saturated rings.